The van der Waals surface area contributed by atoms with E-state index >= 15 is 0 Å². The molecule has 1 aromatic rings. The number of aromatic nitrogens is 3. The molecule has 1 aliphatic carbocycles. The normalized spacial score (nSPS) is 21.9. The molecule has 1 saturated carbocycles. The van der Waals surface area contributed by atoms with Crippen molar-refractivity contribution >= 4 is 11.9 Å². The third-order valence-electron chi connectivity index (χ3n) is 4.16. The number of rotatable bonds is 4. The molecule has 0 unspecified atom stereocenters. The highest BCUT2D eigenvalue weighted by atomic mass is 16.5. The Bertz CT molecular complexity index is 514. The van der Waals surface area contributed by atoms with E-state index in [0.29, 0.717) is 5.92 Å². The van der Waals surface area contributed by atoms with Crippen LogP contribution in [-0.4, -0.2) is 51.7 Å². The van der Waals surface area contributed by atoms with Crippen molar-refractivity contribution in [2.75, 3.05) is 14.2 Å². The summed E-state index contributed by atoms with van der Waals surface area (Å²) in [4.78, 5) is 29.3. The highest BCUT2D eigenvalue weighted by Gasteiger charge is 2.28. The van der Waals surface area contributed by atoms with Crippen LogP contribution in [0.25, 0.3) is 0 Å². The van der Waals surface area contributed by atoms with Gasteiger partial charge in [0.05, 0.1) is 7.11 Å². The summed E-state index contributed by atoms with van der Waals surface area (Å²) in [7, 11) is 3.11. The summed E-state index contributed by atoms with van der Waals surface area (Å²) < 4.78 is 5.91. The molecule has 21 heavy (non-hydrogen) atoms. The number of hydrogen-bond acceptors (Lipinski definition) is 5. The van der Waals surface area contributed by atoms with Crippen LogP contribution in [0.3, 0.4) is 0 Å². The van der Waals surface area contributed by atoms with E-state index in [9.17, 15) is 9.59 Å². The van der Waals surface area contributed by atoms with Gasteiger partial charge in [-0.2, -0.15) is 0 Å². The molecule has 0 aromatic carbocycles. The summed E-state index contributed by atoms with van der Waals surface area (Å²) in [5.41, 5.74) is 0. The molecule has 0 aliphatic heterocycles. The Labute approximate surface area is 124 Å². The molecule has 1 fully saturated rings. The van der Waals surface area contributed by atoms with Gasteiger partial charge in [-0.3, -0.25) is 4.79 Å². The molecule has 0 radical (unpaired) electrons. The van der Waals surface area contributed by atoms with Crippen molar-refractivity contribution in [2.45, 2.75) is 45.2 Å². The minimum absolute atomic E-state index is 0.0185. The van der Waals surface area contributed by atoms with Crippen molar-refractivity contribution < 1.29 is 14.3 Å². The Morgan fingerprint density at radius 2 is 2.14 bits per heavy atom. The molecule has 7 heteroatoms. The van der Waals surface area contributed by atoms with Gasteiger partial charge >= 0.3 is 5.97 Å². The van der Waals surface area contributed by atoms with Crippen LogP contribution in [-0.2, 0) is 16.1 Å². The van der Waals surface area contributed by atoms with E-state index in [-0.39, 0.29) is 24.3 Å². The molecule has 2 rings (SSSR count). The molecule has 1 aliphatic rings. The molecule has 7 nitrogen and oxygen atoms in total. The first kappa shape index (κ1) is 15.5. The fourth-order valence-electron chi connectivity index (χ4n) is 2.86. The van der Waals surface area contributed by atoms with Crippen molar-refractivity contribution in [2.24, 2.45) is 5.92 Å². The molecular weight excluding hydrogens is 272 g/mol. The topological polar surface area (TPSA) is 77.3 Å². The van der Waals surface area contributed by atoms with Crippen molar-refractivity contribution in [1.29, 1.82) is 0 Å². The molecule has 1 amide bonds. The predicted octanol–water partition coefficient (Wildman–Crippen LogP) is 1.10. The lowest BCUT2D eigenvalue weighted by atomic mass is 9.85. The maximum Gasteiger partial charge on any atom is 0.377 e. The van der Waals surface area contributed by atoms with E-state index in [2.05, 4.69) is 21.7 Å². The predicted molar refractivity (Wildman–Crippen MR) is 75.6 cm³/mol. The molecule has 0 saturated heterocycles. The summed E-state index contributed by atoms with van der Waals surface area (Å²) in [6, 6.07) is 0.287. The first-order valence-electron chi connectivity index (χ1n) is 7.26. The molecule has 116 valence electrons. The van der Waals surface area contributed by atoms with Crippen LogP contribution in [0.2, 0.25) is 0 Å². The number of likely N-dealkylation sites (N-methyl/N-ethyl adjacent to an activating group) is 1. The van der Waals surface area contributed by atoms with Crippen LogP contribution in [0.4, 0.5) is 0 Å². The molecule has 0 N–H and O–H groups in total. The van der Waals surface area contributed by atoms with Crippen molar-refractivity contribution in [3.8, 4) is 0 Å². The Morgan fingerprint density at radius 1 is 1.43 bits per heavy atom. The van der Waals surface area contributed by atoms with Gasteiger partial charge in [-0.1, -0.05) is 19.8 Å². The van der Waals surface area contributed by atoms with Crippen LogP contribution in [0.5, 0.6) is 0 Å². The van der Waals surface area contributed by atoms with Gasteiger partial charge < -0.3 is 9.64 Å². The number of methoxy groups -OCH3 is 1. The lowest BCUT2D eigenvalue weighted by Gasteiger charge is -2.36. The van der Waals surface area contributed by atoms with Crippen molar-refractivity contribution in [3.63, 3.8) is 0 Å². The smallest absolute Gasteiger partial charge is 0.377 e. The van der Waals surface area contributed by atoms with Crippen molar-refractivity contribution in [3.05, 3.63) is 12.2 Å². The fraction of sp³-hybridized carbons (Fsp3) is 0.714. The molecule has 1 aromatic heterocycles. The first-order valence-corrected chi connectivity index (χ1v) is 7.26. The first-order chi connectivity index (χ1) is 10.0. The number of carbonyl (C=O) groups excluding carboxylic acids is 2. The number of hydrogen-bond donors (Lipinski definition) is 0. The monoisotopic (exact) mass is 294 g/mol. The number of nitrogens with zero attached hydrogens (tertiary/aromatic N) is 4. The number of ether oxygens (including phenoxy) is 1. The highest BCUT2D eigenvalue weighted by molar-refractivity contribution is 5.84. The van der Waals surface area contributed by atoms with E-state index in [1.807, 2.05) is 11.9 Å². The second-order valence-electron chi connectivity index (χ2n) is 5.59. The third kappa shape index (κ3) is 3.59. The van der Waals surface area contributed by atoms with E-state index in [0.717, 1.165) is 12.8 Å². The zero-order valence-corrected chi connectivity index (χ0v) is 12.8. The Balaban J connectivity index is 1.97. The molecular formula is C14H22N4O3. The van der Waals surface area contributed by atoms with Gasteiger partial charge in [0.25, 0.3) is 5.82 Å². The summed E-state index contributed by atoms with van der Waals surface area (Å²) in [6.45, 7) is 2.28. The molecule has 0 bridgehead atoms. The highest BCUT2D eigenvalue weighted by Crippen LogP contribution is 2.27. The number of amides is 1. The molecule has 0 spiro atoms. The van der Waals surface area contributed by atoms with Crippen molar-refractivity contribution in [1.82, 2.24) is 19.7 Å². The minimum Gasteiger partial charge on any atom is -0.463 e. The zero-order chi connectivity index (χ0) is 15.4. The maximum absolute atomic E-state index is 12.3. The number of esters is 1. The summed E-state index contributed by atoms with van der Waals surface area (Å²) in [5.74, 6) is -0.126. The SMILES string of the molecule is COC(=O)c1ncn(CC(=O)N(C)[C@H]2CCCC[C@H]2C)n1. The summed E-state index contributed by atoms with van der Waals surface area (Å²) >= 11 is 0. The molecule has 1 heterocycles. The van der Waals surface area contributed by atoms with Gasteiger partial charge in [-0.15, -0.1) is 5.10 Å². The zero-order valence-electron chi connectivity index (χ0n) is 12.8. The Kier molecular flexibility index (Phi) is 4.93. The average Bonchev–Trinajstić information content (AvgIpc) is 2.94. The second kappa shape index (κ2) is 6.69. The third-order valence-corrected chi connectivity index (χ3v) is 4.16. The largest absolute Gasteiger partial charge is 0.463 e. The van der Waals surface area contributed by atoms with Crippen LogP contribution < -0.4 is 0 Å². The number of carbonyl (C=O) groups is 2. The van der Waals surface area contributed by atoms with Crippen LogP contribution >= 0.6 is 0 Å². The lowest BCUT2D eigenvalue weighted by molar-refractivity contribution is -0.134. The molecule has 2 atom stereocenters. The lowest BCUT2D eigenvalue weighted by Crippen LogP contribution is -2.44. The van der Waals surface area contributed by atoms with Gasteiger partial charge in [0.1, 0.15) is 12.9 Å². The van der Waals surface area contributed by atoms with Crippen LogP contribution in [0.1, 0.15) is 43.2 Å². The van der Waals surface area contributed by atoms with Gasteiger partial charge in [0.2, 0.25) is 5.91 Å². The standard InChI is InChI=1S/C14H22N4O3/c1-10-6-4-5-7-11(10)17(2)12(19)8-18-9-15-13(16-18)14(20)21-3/h9-11H,4-8H2,1-3H3/t10-,11+/m1/s1. The van der Waals surface area contributed by atoms with Crippen LogP contribution in [0, 0.1) is 5.92 Å². The van der Waals surface area contributed by atoms with E-state index in [1.165, 1.54) is 31.0 Å². The van der Waals surface area contributed by atoms with E-state index in [1.54, 1.807) is 0 Å². The Morgan fingerprint density at radius 3 is 2.81 bits per heavy atom. The minimum atomic E-state index is -0.601. The van der Waals surface area contributed by atoms with Crippen LogP contribution in [0.15, 0.2) is 6.33 Å². The van der Waals surface area contributed by atoms with Gasteiger partial charge in [0.15, 0.2) is 0 Å². The van der Waals surface area contributed by atoms with E-state index in [4.69, 9.17) is 0 Å². The van der Waals surface area contributed by atoms with Gasteiger partial charge in [-0.25, -0.2) is 14.5 Å². The summed E-state index contributed by atoms with van der Waals surface area (Å²) in [6.07, 6.45) is 6.00. The quantitative estimate of drug-likeness (QED) is 0.777. The van der Waals surface area contributed by atoms with Gasteiger partial charge in [-0.05, 0) is 18.8 Å². The van der Waals surface area contributed by atoms with E-state index < -0.39 is 5.97 Å². The summed E-state index contributed by atoms with van der Waals surface area (Å²) in [5, 5.41) is 3.95. The fourth-order valence-corrected chi connectivity index (χ4v) is 2.86. The van der Waals surface area contributed by atoms with Gasteiger partial charge in [0, 0.05) is 13.1 Å². The Hall–Kier alpha value is -1.92. The second-order valence-corrected chi connectivity index (χ2v) is 5.59. The maximum atomic E-state index is 12.3. The average molecular weight is 294 g/mol.